The quantitative estimate of drug-likeness (QED) is 0.388. The molecule has 2 N–H and O–H groups in total. The summed E-state index contributed by atoms with van der Waals surface area (Å²) in [5.41, 5.74) is 0.202. The summed E-state index contributed by atoms with van der Waals surface area (Å²) >= 11 is 1.07. The first-order valence-corrected chi connectivity index (χ1v) is 10.7. The Morgan fingerprint density at radius 3 is 2.45 bits per heavy atom. The maximum absolute atomic E-state index is 14.1. The molecule has 3 aromatic rings. The van der Waals surface area contributed by atoms with Crippen molar-refractivity contribution in [1.82, 2.24) is 5.32 Å². The van der Waals surface area contributed by atoms with Crippen LogP contribution in [-0.4, -0.2) is 23.6 Å². The number of alkyl halides is 3. The van der Waals surface area contributed by atoms with Crippen LogP contribution in [0.5, 0.6) is 5.75 Å². The number of carbonyl (C=O) groups is 2. The molecule has 0 bridgehead atoms. The second-order valence-electron chi connectivity index (χ2n) is 7.05. The summed E-state index contributed by atoms with van der Waals surface area (Å²) in [5.74, 6) is -2.72. The number of amides is 1. The summed E-state index contributed by atoms with van der Waals surface area (Å²) in [6.45, 7) is 2.25. The number of carboxylic acid groups (broad SMARTS) is 1. The van der Waals surface area contributed by atoms with E-state index in [-0.39, 0.29) is 17.5 Å². The van der Waals surface area contributed by atoms with E-state index in [4.69, 9.17) is 9.84 Å². The Bertz CT molecular complexity index is 1170. The SMILES string of the molecule is CCCOc1ccc(-c2csc(C(=O)O)c2)cc1CNC(=O)c1ccc(C(F)(F)F)cc1F. The Morgan fingerprint density at radius 2 is 1.85 bits per heavy atom. The standard InChI is InChI=1S/C23H19F4NO4S/c1-2-7-32-19-6-3-13(15-9-20(22(30)31)33-12-15)8-14(19)11-28-21(29)17-5-4-16(10-18(17)24)23(25,26)27/h3-6,8-10,12H,2,7,11H2,1H3,(H,28,29)(H,30,31). The van der Waals surface area contributed by atoms with Crippen LogP contribution in [0.4, 0.5) is 17.6 Å². The van der Waals surface area contributed by atoms with Crippen molar-refractivity contribution in [2.24, 2.45) is 0 Å². The number of halogens is 4. The van der Waals surface area contributed by atoms with Crippen LogP contribution in [0.1, 0.15) is 44.5 Å². The third-order valence-electron chi connectivity index (χ3n) is 4.65. The van der Waals surface area contributed by atoms with Gasteiger partial charge in [0.2, 0.25) is 0 Å². The van der Waals surface area contributed by atoms with Crippen molar-refractivity contribution < 1.29 is 37.0 Å². The number of thiophene rings is 1. The van der Waals surface area contributed by atoms with Gasteiger partial charge in [0, 0.05) is 12.1 Å². The van der Waals surface area contributed by atoms with Crippen LogP contribution in [0.3, 0.4) is 0 Å². The molecule has 1 aromatic heterocycles. The van der Waals surface area contributed by atoms with Crippen molar-refractivity contribution in [2.75, 3.05) is 6.61 Å². The smallest absolute Gasteiger partial charge is 0.416 e. The van der Waals surface area contributed by atoms with E-state index in [0.29, 0.717) is 35.1 Å². The highest BCUT2D eigenvalue weighted by molar-refractivity contribution is 7.12. The lowest BCUT2D eigenvalue weighted by Gasteiger charge is -2.14. The highest BCUT2D eigenvalue weighted by Gasteiger charge is 2.31. The molecule has 33 heavy (non-hydrogen) atoms. The van der Waals surface area contributed by atoms with E-state index >= 15 is 0 Å². The normalized spacial score (nSPS) is 11.3. The molecule has 0 aliphatic rings. The Hall–Kier alpha value is -3.40. The van der Waals surface area contributed by atoms with Crippen LogP contribution < -0.4 is 10.1 Å². The lowest BCUT2D eigenvalue weighted by molar-refractivity contribution is -0.137. The molecule has 1 heterocycles. The van der Waals surface area contributed by atoms with Gasteiger partial charge in [-0.3, -0.25) is 4.79 Å². The lowest BCUT2D eigenvalue weighted by Crippen LogP contribution is -2.24. The first kappa shape index (κ1) is 24.2. The van der Waals surface area contributed by atoms with Crippen LogP contribution in [0.25, 0.3) is 11.1 Å². The number of hydrogen-bond acceptors (Lipinski definition) is 4. The van der Waals surface area contributed by atoms with Gasteiger partial charge in [-0.15, -0.1) is 11.3 Å². The first-order chi connectivity index (χ1) is 15.6. The molecule has 0 aliphatic heterocycles. The van der Waals surface area contributed by atoms with E-state index in [2.05, 4.69) is 5.32 Å². The highest BCUT2D eigenvalue weighted by atomic mass is 32.1. The van der Waals surface area contributed by atoms with Gasteiger partial charge in [-0.25, -0.2) is 9.18 Å². The Morgan fingerprint density at radius 1 is 1.09 bits per heavy atom. The van der Waals surface area contributed by atoms with Crippen LogP contribution in [-0.2, 0) is 12.7 Å². The molecule has 0 unspecified atom stereocenters. The largest absolute Gasteiger partial charge is 0.493 e. The minimum atomic E-state index is -4.72. The fourth-order valence-corrected chi connectivity index (χ4v) is 3.75. The van der Waals surface area contributed by atoms with Gasteiger partial charge < -0.3 is 15.2 Å². The molecular weight excluding hydrogens is 462 g/mol. The van der Waals surface area contributed by atoms with E-state index < -0.39 is 35.0 Å². The lowest BCUT2D eigenvalue weighted by atomic mass is 10.0. The number of aromatic carboxylic acids is 1. The van der Waals surface area contributed by atoms with Gasteiger partial charge in [0.25, 0.3) is 5.91 Å². The average Bonchev–Trinajstić information content (AvgIpc) is 3.26. The second-order valence-corrected chi connectivity index (χ2v) is 7.96. The molecule has 0 atom stereocenters. The average molecular weight is 481 g/mol. The van der Waals surface area contributed by atoms with Crippen molar-refractivity contribution in [3.63, 3.8) is 0 Å². The summed E-state index contributed by atoms with van der Waals surface area (Å²) in [4.78, 5) is 23.7. The summed E-state index contributed by atoms with van der Waals surface area (Å²) in [5, 5.41) is 13.3. The maximum Gasteiger partial charge on any atom is 0.416 e. The predicted octanol–water partition coefficient (Wildman–Crippen LogP) is 5.99. The number of benzene rings is 2. The molecule has 3 rings (SSSR count). The van der Waals surface area contributed by atoms with Crippen LogP contribution >= 0.6 is 11.3 Å². The van der Waals surface area contributed by atoms with E-state index in [1.54, 1.807) is 23.6 Å². The monoisotopic (exact) mass is 481 g/mol. The predicted molar refractivity (Wildman–Crippen MR) is 115 cm³/mol. The van der Waals surface area contributed by atoms with Gasteiger partial charge in [0.05, 0.1) is 17.7 Å². The van der Waals surface area contributed by atoms with Gasteiger partial charge in [-0.2, -0.15) is 13.2 Å². The van der Waals surface area contributed by atoms with Crippen molar-refractivity contribution >= 4 is 23.2 Å². The third kappa shape index (κ3) is 5.89. The van der Waals surface area contributed by atoms with Gasteiger partial charge in [-0.1, -0.05) is 13.0 Å². The number of nitrogens with one attached hydrogen (secondary N) is 1. The molecule has 1 amide bonds. The zero-order valence-electron chi connectivity index (χ0n) is 17.3. The third-order valence-corrected chi connectivity index (χ3v) is 5.56. The topological polar surface area (TPSA) is 75.6 Å². The van der Waals surface area contributed by atoms with E-state index in [1.807, 2.05) is 6.92 Å². The van der Waals surface area contributed by atoms with Crippen molar-refractivity contribution in [1.29, 1.82) is 0 Å². The van der Waals surface area contributed by atoms with Crippen LogP contribution in [0.15, 0.2) is 47.8 Å². The molecule has 2 aromatic carbocycles. The minimum absolute atomic E-state index is 0.0812. The first-order valence-electron chi connectivity index (χ1n) is 9.83. The number of ether oxygens (including phenoxy) is 1. The number of carboxylic acids is 1. The van der Waals surface area contributed by atoms with Gasteiger partial charge in [0.1, 0.15) is 16.4 Å². The van der Waals surface area contributed by atoms with Gasteiger partial charge >= 0.3 is 12.1 Å². The van der Waals surface area contributed by atoms with Crippen molar-refractivity contribution in [3.05, 3.63) is 75.2 Å². The molecule has 0 aliphatic carbocycles. The Labute approximate surface area is 190 Å². The number of rotatable bonds is 8. The minimum Gasteiger partial charge on any atom is -0.493 e. The summed E-state index contributed by atoms with van der Waals surface area (Å²) in [7, 11) is 0. The molecular formula is C23H19F4NO4S. The molecule has 0 saturated carbocycles. The molecule has 174 valence electrons. The molecule has 0 fully saturated rings. The fraction of sp³-hybridized carbons (Fsp3) is 0.217. The van der Waals surface area contributed by atoms with E-state index in [9.17, 15) is 27.2 Å². The van der Waals surface area contributed by atoms with Crippen molar-refractivity contribution in [2.45, 2.75) is 26.1 Å². The molecule has 5 nitrogen and oxygen atoms in total. The molecule has 10 heteroatoms. The van der Waals surface area contributed by atoms with E-state index in [0.717, 1.165) is 23.8 Å². The van der Waals surface area contributed by atoms with Gasteiger partial charge in [0.15, 0.2) is 0 Å². The number of carbonyl (C=O) groups excluding carboxylic acids is 1. The summed E-state index contributed by atoms with van der Waals surface area (Å²) < 4.78 is 58.0. The van der Waals surface area contributed by atoms with E-state index in [1.165, 1.54) is 6.07 Å². The van der Waals surface area contributed by atoms with Crippen LogP contribution in [0, 0.1) is 5.82 Å². The maximum atomic E-state index is 14.1. The van der Waals surface area contributed by atoms with Gasteiger partial charge in [-0.05, 0) is 59.3 Å². The zero-order chi connectivity index (χ0) is 24.2. The molecule has 0 saturated heterocycles. The van der Waals surface area contributed by atoms with Crippen molar-refractivity contribution in [3.8, 4) is 16.9 Å². The highest BCUT2D eigenvalue weighted by Crippen LogP contribution is 2.31. The van der Waals surface area contributed by atoms with Crippen LogP contribution in [0.2, 0.25) is 0 Å². The Balaban J connectivity index is 1.83. The molecule has 0 radical (unpaired) electrons. The Kier molecular flexibility index (Phi) is 7.37. The fourth-order valence-electron chi connectivity index (χ4n) is 3.00. The number of hydrogen-bond donors (Lipinski definition) is 2. The summed E-state index contributed by atoms with van der Waals surface area (Å²) in [6.07, 6.45) is -3.99. The molecule has 0 spiro atoms. The zero-order valence-corrected chi connectivity index (χ0v) is 18.1. The summed E-state index contributed by atoms with van der Waals surface area (Å²) in [6, 6.07) is 8.38. The second kappa shape index (κ2) is 10.0.